The summed E-state index contributed by atoms with van der Waals surface area (Å²) in [7, 11) is 0. The first kappa shape index (κ1) is 21.6. The molecule has 0 saturated heterocycles. The van der Waals surface area contributed by atoms with Gasteiger partial charge >= 0.3 is 5.97 Å². The largest absolute Gasteiger partial charge is 0.451 e. The van der Waals surface area contributed by atoms with Gasteiger partial charge in [0.25, 0.3) is 5.91 Å². The van der Waals surface area contributed by atoms with Crippen molar-refractivity contribution >= 4 is 46.4 Å². The van der Waals surface area contributed by atoms with E-state index in [1.807, 2.05) is 12.3 Å². The Hall–Kier alpha value is -4.24. The lowest BCUT2D eigenvalue weighted by Crippen LogP contribution is -2.23. The maximum absolute atomic E-state index is 12.9. The third kappa shape index (κ3) is 3.65. The average Bonchev–Trinajstić information content (AvgIpc) is 3.25. The van der Waals surface area contributed by atoms with Gasteiger partial charge in [-0.3, -0.25) is 18.8 Å². The number of carbonyl (C=O) groups excluding carboxylic acids is 4. The van der Waals surface area contributed by atoms with Gasteiger partial charge in [-0.2, -0.15) is 0 Å². The summed E-state index contributed by atoms with van der Waals surface area (Å²) in [4.78, 5) is 54.8. The van der Waals surface area contributed by atoms with E-state index in [2.05, 4.69) is 10.3 Å². The number of ketones is 2. The van der Waals surface area contributed by atoms with E-state index in [0.717, 1.165) is 0 Å². The number of hydrogen-bond donors (Lipinski definition) is 1. The highest BCUT2D eigenvalue weighted by Gasteiger charge is 2.29. The van der Waals surface area contributed by atoms with Gasteiger partial charge in [0.2, 0.25) is 0 Å². The van der Waals surface area contributed by atoms with Crippen LogP contribution in [0.4, 0.5) is 5.69 Å². The van der Waals surface area contributed by atoms with Crippen molar-refractivity contribution < 1.29 is 23.9 Å². The molecular formula is C25H17N3O5S. The van der Waals surface area contributed by atoms with E-state index in [1.54, 1.807) is 47.0 Å². The lowest BCUT2D eigenvalue weighted by molar-refractivity contribution is -0.119. The van der Waals surface area contributed by atoms with Crippen LogP contribution in [0.5, 0.6) is 0 Å². The number of fused-ring (bicyclic) bond motifs is 3. The fourth-order valence-electron chi connectivity index (χ4n) is 3.88. The molecule has 2 aromatic carbocycles. The standard InChI is InChI=1S/C25H17N3O5S/c1-34-25-27-21(19-8-4-5-11-28(19)25)24(32)33-13-20(29)26-14-9-10-17-18(12-14)23(31)16-7-3-2-6-15(16)22(17)30/h2-12H,13H2,1H3,(H,26,29). The Labute approximate surface area is 197 Å². The van der Waals surface area contributed by atoms with Crippen molar-refractivity contribution in [2.45, 2.75) is 5.16 Å². The fraction of sp³-hybridized carbons (Fsp3) is 0.0800. The molecule has 8 nitrogen and oxygen atoms in total. The van der Waals surface area contributed by atoms with Crippen molar-refractivity contribution in [2.75, 3.05) is 18.2 Å². The maximum Gasteiger partial charge on any atom is 0.359 e. The van der Waals surface area contributed by atoms with E-state index in [9.17, 15) is 19.2 Å². The number of esters is 1. The van der Waals surface area contributed by atoms with Crippen molar-refractivity contribution in [1.82, 2.24) is 9.38 Å². The van der Waals surface area contributed by atoms with Gasteiger partial charge in [0.1, 0.15) is 0 Å². The van der Waals surface area contributed by atoms with Crippen LogP contribution in [0, 0.1) is 0 Å². The van der Waals surface area contributed by atoms with Crippen molar-refractivity contribution in [3.05, 3.63) is 94.8 Å². The maximum atomic E-state index is 12.9. The number of pyridine rings is 1. The second kappa shape index (κ2) is 8.60. The van der Waals surface area contributed by atoms with Gasteiger partial charge < -0.3 is 10.1 Å². The molecule has 0 atom stereocenters. The molecule has 1 aliphatic carbocycles. The van der Waals surface area contributed by atoms with Gasteiger partial charge in [-0.25, -0.2) is 9.78 Å². The third-order valence-corrected chi connectivity index (χ3v) is 6.09. The predicted octanol–water partition coefficient (Wildman–Crippen LogP) is 3.63. The van der Waals surface area contributed by atoms with E-state index in [1.165, 1.54) is 30.0 Å². The molecule has 0 unspecified atom stereocenters. The van der Waals surface area contributed by atoms with Gasteiger partial charge in [-0.05, 0) is 36.6 Å². The molecule has 4 aromatic rings. The summed E-state index contributed by atoms with van der Waals surface area (Å²) < 4.78 is 6.94. The minimum atomic E-state index is -0.720. The fourth-order valence-corrected chi connectivity index (χ4v) is 4.42. The Morgan fingerprint density at radius 1 is 0.941 bits per heavy atom. The Balaban J connectivity index is 1.29. The molecule has 0 bridgehead atoms. The van der Waals surface area contributed by atoms with Gasteiger partial charge in [0.15, 0.2) is 29.0 Å². The van der Waals surface area contributed by atoms with Crippen LogP contribution in [-0.2, 0) is 9.53 Å². The summed E-state index contributed by atoms with van der Waals surface area (Å²) in [5.74, 6) is -1.84. The summed E-state index contributed by atoms with van der Waals surface area (Å²) in [6.45, 7) is -0.536. The molecule has 1 aliphatic rings. The highest BCUT2D eigenvalue weighted by molar-refractivity contribution is 7.98. The van der Waals surface area contributed by atoms with Crippen LogP contribution in [0.15, 0.2) is 72.0 Å². The summed E-state index contributed by atoms with van der Waals surface area (Å²) in [5, 5.41) is 3.23. The van der Waals surface area contributed by atoms with Crippen LogP contribution >= 0.6 is 11.8 Å². The number of anilines is 1. The highest BCUT2D eigenvalue weighted by Crippen LogP contribution is 2.29. The van der Waals surface area contributed by atoms with Gasteiger partial charge in [0, 0.05) is 34.1 Å². The van der Waals surface area contributed by atoms with Crippen LogP contribution in [-0.4, -0.2) is 45.7 Å². The number of amides is 1. The van der Waals surface area contributed by atoms with Gasteiger partial charge in [0.05, 0.1) is 5.52 Å². The van der Waals surface area contributed by atoms with Crippen LogP contribution in [0.2, 0.25) is 0 Å². The minimum absolute atomic E-state index is 0.120. The van der Waals surface area contributed by atoms with Crippen LogP contribution in [0.3, 0.4) is 0 Å². The molecule has 0 fully saturated rings. The van der Waals surface area contributed by atoms with Crippen molar-refractivity contribution in [2.24, 2.45) is 0 Å². The van der Waals surface area contributed by atoms with E-state index in [4.69, 9.17) is 4.74 Å². The van der Waals surface area contributed by atoms with Crippen LogP contribution in [0.1, 0.15) is 42.3 Å². The Kier molecular flexibility index (Phi) is 5.46. The number of hydrogen-bond acceptors (Lipinski definition) is 7. The number of benzene rings is 2. The number of nitrogens with one attached hydrogen (secondary N) is 1. The molecule has 5 rings (SSSR count). The van der Waals surface area contributed by atoms with Crippen LogP contribution < -0.4 is 5.32 Å². The number of nitrogens with zero attached hydrogens (tertiary/aromatic N) is 2. The molecule has 1 amide bonds. The molecule has 2 aromatic heterocycles. The van der Waals surface area contributed by atoms with E-state index in [-0.39, 0.29) is 28.4 Å². The number of ether oxygens (including phenoxy) is 1. The lowest BCUT2D eigenvalue weighted by Gasteiger charge is -2.18. The quantitative estimate of drug-likeness (QED) is 0.308. The summed E-state index contributed by atoms with van der Waals surface area (Å²) >= 11 is 1.38. The molecule has 0 spiro atoms. The van der Waals surface area contributed by atoms with Crippen molar-refractivity contribution in [1.29, 1.82) is 0 Å². The highest BCUT2D eigenvalue weighted by atomic mass is 32.2. The van der Waals surface area contributed by atoms with Gasteiger partial charge in [-0.1, -0.05) is 42.1 Å². The first-order chi connectivity index (χ1) is 16.5. The van der Waals surface area contributed by atoms with Crippen LogP contribution in [0.25, 0.3) is 5.52 Å². The monoisotopic (exact) mass is 471 g/mol. The molecule has 0 aliphatic heterocycles. The number of thioether (sulfide) groups is 1. The Bertz CT molecular complexity index is 1510. The molecule has 2 heterocycles. The molecule has 0 radical (unpaired) electrons. The zero-order valence-corrected chi connectivity index (χ0v) is 18.7. The normalized spacial score (nSPS) is 12.3. The van der Waals surface area contributed by atoms with E-state index >= 15 is 0 Å². The van der Waals surface area contributed by atoms with Crippen molar-refractivity contribution in [3.63, 3.8) is 0 Å². The van der Waals surface area contributed by atoms with E-state index in [0.29, 0.717) is 27.5 Å². The predicted molar refractivity (Wildman–Crippen MR) is 126 cm³/mol. The molecule has 9 heteroatoms. The summed E-state index contributed by atoms with van der Waals surface area (Å²) in [6, 6.07) is 16.5. The number of carbonyl (C=O) groups is 4. The molecule has 34 heavy (non-hydrogen) atoms. The number of rotatable bonds is 5. The average molecular weight is 471 g/mol. The summed E-state index contributed by atoms with van der Waals surface area (Å²) in [6.07, 6.45) is 3.64. The SMILES string of the molecule is CSc1nc(C(=O)OCC(=O)Nc2ccc3c(c2)C(=O)c2ccccc2C3=O)c2ccccn12. The third-order valence-electron chi connectivity index (χ3n) is 5.44. The Morgan fingerprint density at radius 3 is 2.35 bits per heavy atom. The van der Waals surface area contributed by atoms with Gasteiger partial charge in [-0.15, -0.1) is 0 Å². The first-order valence-corrected chi connectivity index (χ1v) is 11.5. The number of aromatic nitrogens is 2. The Morgan fingerprint density at radius 2 is 1.62 bits per heavy atom. The first-order valence-electron chi connectivity index (χ1n) is 10.3. The molecule has 168 valence electrons. The van der Waals surface area contributed by atoms with Crippen molar-refractivity contribution in [3.8, 4) is 0 Å². The smallest absolute Gasteiger partial charge is 0.359 e. The second-order valence-electron chi connectivity index (χ2n) is 7.49. The lowest BCUT2D eigenvalue weighted by atomic mass is 9.84. The topological polar surface area (TPSA) is 107 Å². The molecular weight excluding hydrogens is 454 g/mol. The number of imidazole rings is 1. The zero-order chi connectivity index (χ0) is 23.8. The second-order valence-corrected chi connectivity index (χ2v) is 8.26. The van der Waals surface area contributed by atoms with E-state index < -0.39 is 18.5 Å². The zero-order valence-electron chi connectivity index (χ0n) is 17.9. The molecule has 0 saturated carbocycles. The minimum Gasteiger partial charge on any atom is -0.451 e. The summed E-state index contributed by atoms with van der Waals surface area (Å²) in [5.41, 5.74) is 2.20. The molecule has 1 N–H and O–H groups in total.